The van der Waals surface area contributed by atoms with E-state index in [0.29, 0.717) is 5.76 Å². The fourth-order valence-electron chi connectivity index (χ4n) is 2.56. The van der Waals surface area contributed by atoms with Gasteiger partial charge in [-0.05, 0) is 48.5 Å². The molecule has 4 rings (SSSR count). The van der Waals surface area contributed by atoms with Crippen LogP contribution in [-0.4, -0.2) is 10.3 Å². The number of anilines is 1. The number of hydrogen-bond donors (Lipinski definition) is 1. The molecule has 0 aliphatic heterocycles. The van der Waals surface area contributed by atoms with Gasteiger partial charge in [-0.3, -0.25) is 4.79 Å². The number of nitrogens with zero attached hydrogens (tertiary/aromatic N) is 1. The maximum absolute atomic E-state index is 12.1. The summed E-state index contributed by atoms with van der Waals surface area (Å²) in [5.74, 6) is 0.0501. The molecule has 3 aromatic heterocycles. The first-order chi connectivity index (χ1) is 10.3. The second-order valence-electron chi connectivity index (χ2n) is 4.81. The number of aromatic nitrogens is 1. The molecule has 1 aromatic carbocycles. The summed E-state index contributed by atoms with van der Waals surface area (Å²) in [6.07, 6.45) is 3.50. The van der Waals surface area contributed by atoms with Gasteiger partial charge in [0.05, 0.1) is 17.5 Å². The van der Waals surface area contributed by atoms with E-state index in [9.17, 15) is 4.79 Å². The Morgan fingerprint density at radius 2 is 1.95 bits per heavy atom. The Hall–Kier alpha value is -3.01. The minimum Gasteiger partial charge on any atom is -0.459 e. The van der Waals surface area contributed by atoms with Crippen LogP contribution in [0.2, 0.25) is 0 Å². The zero-order valence-electron chi connectivity index (χ0n) is 11.1. The molecule has 102 valence electrons. The van der Waals surface area contributed by atoms with Gasteiger partial charge in [-0.25, -0.2) is 0 Å². The first kappa shape index (κ1) is 11.8. The van der Waals surface area contributed by atoms with Gasteiger partial charge < -0.3 is 14.1 Å². The molecule has 0 radical (unpaired) electrons. The second-order valence-corrected chi connectivity index (χ2v) is 4.81. The van der Waals surface area contributed by atoms with E-state index in [0.717, 1.165) is 22.1 Å². The summed E-state index contributed by atoms with van der Waals surface area (Å²) >= 11 is 0. The molecule has 0 aliphatic carbocycles. The van der Waals surface area contributed by atoms with Crippen LogP contribution >= 0.6 is 0 Å². The molecule has 0 spiro atoms. The third kappa shape index (κ3) is 1.89. The predicted molar refractivity (Wildman–Crippen MR) is 81.6 cm³/mol. The molecule has 0 saturated heterocycles. The van der Waals surface area contributed by atoms with Gasteiger partial charge in [0.2, 0.25) is 0 Å². The highest BCUT2D eigenvalue weighted by atomic mass is 16.3. The van der Waals surface area contributed by atoms with Gasteiger partial charge >= 0.3 is 0 Å². The van der Waals surface area contributed by atoms with Crippen LogP contribution in [0.4, 0.5) is 5.69 Å². The number of furan rings is 1. The van der Waals surface area contributed by atoms with Crippen molar-refractivity contribution in [2.45, 2.75) is 0 Å². The average molecular weight is 276 g/mol. The van der Waals surface area contributed by atoms with E-state index in [-0.39, 0.29) is 5.91 Å². The molecule has 1 N–H and O–H groups in total. The molecule has 1 amide bonds. The first-order valence-corrected chi connectivity index (χ1v) is 6.66. The van der Waals surface area contributed by atoms with Gasteiger partial charge in [0, 0.05) is 17.1 Å². The highest BCUT2D eigenvalue weighted by Crippen LogP contribution is 2.25. The molecule has 0 bridgehead atoms. The lowest BCUT2D eigenvalue weighted by Gasteiger charge is -2.09. The zero-order chi connectivity index (χ0) is 14.2. The summed E-state index contributed by atoms with van der Waals surface area (Å²) in [5, 5.41) is 3.89. The van der Waals surface area contributed by atoms with Crippen LogP contribution in [-0.2, 0) is 0 Å². The van der Waals surface area contributed by atoms with Crippen molar-refractivity contribution in [1.29, 1.82) is 0 Å². The normalized spacial score (nSPS) is 11.0. The van der Waals surface area contributed by atoms with Crippen LogP contribution in [0.15, 0.2) is 71.5 Å². The van der Waals surface area contributed by atoms with Crippen molar-refractivity contribution in [3.8, 4) is 0 Å². The molecule has 0 saturated carbocycles. The molecule has 0 atom stereocenters. The number of carbonyl (C=O) groups excluding carboxylic acids is 1. The van der Waals surface area contributed by atoms with Gasteiger partial charge in [-0.15, -0.1) is 0 Å². The van der Waals surface area contributed by atoms with Crippen LogP contribution in [0, 0.1) is 0 Å². The maximum atomic E-state index is 12.1. The summed E-state index contributed by atoms with van der Waals surface area (Å²) in [7, 11) is 0. The number of pyridine rings is 1. The van der Waals surface area contributed by atoms with Gasteiger partial charge in [-0.2, -0.15) is 0 Å². The fraction of sp³-hybridized carbons (Fsp3) is 0. The van der Waals surface area contributed by atoms with Crippen molar-refractivity contribution in [2.24, 2.45) is 0 Å². The topological polar surface area (TPSA) is 46.7 Å². The first-order valence-electron chi connectivity index (χ1n) is 6.66. The number of fused-ring (bicyclic) bond motifs is 3. The van der Waals surface area contributed by atoms with Gasteiger partial charge in [-0.1, -0.05) is 6.07 Å². The van der Waals surface area contributed by atoms with Crippen LogP contribution in [0.1, 0.15) is 10.6 Å². The SMILES string of the molecule is O=C(Nc1cccc2c1ccc1cccn12)c1ccco1. The van der Waals surface area contributed by atoms with Crippen molar-refractivity contribution in [2.75, 3.05) is 5.32 Å². The molecule has 4 heteroatoms. The van der Waals surface area contributed by atoms with E-state index in [1.165, 1.54) is 6.26 Å². The molecule has 4 aromatic rings. The molecule has 3 heterocycles. The molecule has 0 aliphatic rings. The highest BCUT2D eigenvalue weighted by molar-refractivity contribution is 6.07. The van der Waals surface area contributed by atoms with E-state index in [1.807, 2.05) is 48.7 Å². The third-order valence-corrected chi connectivity index (χ3v) is 3.54. The van der Waals surface area contributed by atoms with E-state index in [2.05, 4.69) is 9.72 Å². The van der Waals surface area contributed by atoms with Gasteiger partial charge in [0.1, 0.15) is 0 Å². The molecule has 0 fully saturated rings. The Kier molecular flexibility index (Phi) is 2.54. The summed E-state index contributed by atoms with van der Waals surface area (Å²) in [5.41, 5.74) is 2.94. The van der Waals surface area contributed by atoms with E-state index in [4.69, 9.17) is 4.42 Å². The Bertz CT molecular complexity index is 936. The van der Waals surface area contributed by atoms with Crippen molar-refractivity contribution >= 4 is 28.0 Å². The van der Waals surface area contributed by atoms with Crippen LogP contribution in [0.25, 0.3) is 16.4 Å². The molecule has 4 nitrogen and oxygen atoms in total. The Morgan fingerprint density at radius 3 is 2.81 bits per heavy atom. The van der Waals surface area contributed by atoms with Crippen molar-refractivity contribution in [1.82, 2.24) is 4.40 Å². The number of nitrogens with one attached hydrogen (secondary N) is 1. The Balaban J connectivity index is 1.83. The number of rotatable bonds is 2. The number of amides is 1. The summed E-state index contributed by atoms with van der Waals surface area (Å²) in [4.78, 5) is 12.1. The van der Waals surface area contributed by atoms with Crippen molar-refractivity contribution < 1.29 is 9.21 Å². The monoisotopic (exact) mass is 276 g/mol. The third-order valence-electron chi connectivity index (χ3n) is 3.54. The fourth-order valence-corrected chi connectivity index (χ4v) is 2.56. The number of carbonyl (C=O) groups is 1. The number of benzene rings is 1. The Morgan fingerprint density at radius 1 is 1.00 bits per heavy atom. The largest absolute Gasteiger partial charge is 0.459 e. The summed E-state index contributed by atoms with van der Waals surface area (Å²) in [6, 6.07) is 17.3. The Labute approximate surface area is 120 Å². The molecular weight excluding hydrogens is 264 g/mol. The smallest absolute Gasteiger partial charge is 0.291 e. The van der Waals surface area contributed by atoms with Crippen molar-refractivity contribution in [3.05, 3.63) is 72.8 Å². The van der Waals surface area contributed by atoms with Crippen LogP contribution in [0.3, 0.4) is 0 Å². The standard InChI is InChI=1S/C17H12N2O2/c20-17(16-7-3-11-21-16)18-14-5-1-6-15-13(14)9-8-12-4-2-10-19(12)15/h1-11H,(H,18,20). The molecule has 21 heavy (non-hydrogen) atoms. The lowest BCUT2D eigenvalue weighted by Crippen LogP contribution is -2.11. The van der Waals surface area contributed by atoms with E-state index < -0.39 is 0 Å². The number of hydrogen-bond acceptors (Lipinski definition) is 2. The van der Waals surface area contributed by atoms with E-state index in [1.54, 1.807) is 12.1 Å². The highest BCUT2D eigenvalue weighted by Gasteiger charge is 2.11. The summed E-state index contributed by atoms with van der Waals surface area (Å²) < 4.78 is 7.22. The minimum atomic E-state index is -0.250. The quantitative estimate of drug-likeness (QED) is 0.603. The van der Waals surface area contributed by atoms with E-state index >= 15 is 0 Å². The minimum absolute atomic E-state index is 0.250. The average Bonchev–Trinajstić information content (AvgIpc) is 3.18. The lowest BCUT2D eigenvalue weighted by molar-refractivity contribution is 0.0997. The van der Waals surface area contributed by atoms with Gasteiger partial charge in [0.15, 0.2) is 5.76 Å². The predicted octanol–water partition coefficient (Wildman–Crippen LogP) is 3.94. The molecule has 0 unspecified atom stereocenters. The maximum Gasteiger partial charge on any atom is 0.291 e. The summed E-state index contributed by atoms with van der Waals surface area (Å²) in [6.45, 7) is 0. The molecular formula is C17H12N2O2. The van der Waals surface area contributed by atoms with Crippen molar-refractivity contribution in [3.63, 3.8) is 0 Å². The zero-order valence-corrected chi connectivity index (χ0v) is 11.1. The van der Waals surface area contributed by atoms with Gasteiger partial charge in [0.25, 0.3) is 5.91 Å². The second kappa shape index (κ2) is 4.52. The lowest BCUT2D eigenvalue weighted by atomic mass is 10.1. The van der Waals surface area contributed by atoms with Crippen LogP contribution < -0.4 is 5.32 Å². The van der Waals surface area contributed by atoms with Crippen LogP contribution in [0.5, 0.6) is 0 Å².